The van der Waals surface area contributed by atoms with Crippen LogP contribution in [-0.2, 0) is 11.3 Å². The maximum atomic E-state index is 10.8. The molecule has 0 saturated heterocycles. The molecule has 0 unspecified atom stereocenters. The first-order chi connectivity index (χ1) is 8.65. The molecule has 5 heteroatoms. The van der Waals surface area contributed by atoms with E-state index in [1.54, 1.807) is 4.57 Å². The van der Waals surface area contributed by atoms with Crippen LogP contribution in [-0.4, -0.2) is 15.6 Å². The van der Waals surface area contributed by atoms with Crippen LogP contribution in [0.4, 0.5) is 5.69 Å². The number of azo groups is 1. The molecule has 1 aromatic heterocycles. The number of aryl methyl sites for hydroxylation is 1. The molecule has 0 atom stereocenters. The number of amides is 1. The van der Waals surface area contributed by atoms with E-state index in [1.165, 1.54) is 6.92 Å². The van der Waals surface area contributed by atoms with Gasteiger partial charge in [0.1, 0.15) is 0 Å². The summed E-state index contributed by atoms with van der Waals surface area (Å²) >= 11 is 0. The number of nitrogens with zero attached hydrogens (tertiary/aromatic N) is 3. The first-order valence-corrected chi connectivity index (χ1v) is 5.87. The second-order valence-electron chi connectivity index (χ2n) is 4.06. The Kier molecular flexibility index (Phi) is 3.41. The Labute approximate surface area is 105 Å². The zero-order valence-corrected chi connectivity index (χ0v) is 10.4. The molecule has 1 N–H and O–H groups in total. The van der Waals surface area contributed by atoms with Gasteiger partial charge in [-0.3, -0.25) is 4.79 Å². The molecule has 94 valence electrons. The lowest BCUT2D eigenvalue weighted by Crippen LogP contribution is -1.94. The summed E-state index contributed by atoms with van der Waals surface area (Å²) in [6, 6.07) is 7.54. The van der Waals surface area contributed by atoms with Gasteiger partial charge < -0.3 is 9.67 Å². The predicted molar refractivity (Wildman–Crippen MR) is 69.1 cm³/mol. The largest absolute Gasteiger partial charge is 0.493 e. The zero-order chi connectivity index (χ0) is 13.1. The lowest BCUT2D eigenvalue weighted by atomic mass is 10.2. The van der Waals surface area contributed by atoms with Gasteiger partial charge in [-0.25, -0.2) is 0 Å². The smallest absolute Gasteiger partial charge is 0.261 e. The lowest BCUT2D eigenvalue weighted by Gasteiger charge is -2.03. The van der Waals surface area contributed by atoms with Crippen molar-refractivity contribution < 1.29 is 9.90 Å². The number of carbonyl (C=O) groups is 1. The summed E-state index contributed by atoms with van der Waals surface area (Å²) in [5, 5.41) is 18.3. The summed E-state index contributed by atoms with van der Waals surface area (Å²) in [6.07, 6.45) is 0.898. The normalized spacial score (nSPS) is 11.4. The number of hydrogen-bond donors (Lipinski definition) is 1. The van der Waals surface area contributed by atoms with Crippen LogP contribution in [0, 0.1) is 0 Å². The first kappa shape index (κ1) is 12.3. The van der Waals surface area contributed by atoms with Crippen LogP contribution < -0.4 is 0 Å². The van der Waals surface area contributed by atoms with Crippen molar-refractivity contribution in [2.75, 3.05) is 0 Å². The SMILES string of the molecule is CCCn1c(O)c(N=NC(C)=O)c2ccccc21. The van der Waals surface area contributed by atoms with Crippen molar-refractivity contribution in [3.8, 4) is 5.88 Å². The van der Waals surface area contributed by atoms with Crippen LogP contribution in [0.25, 0.3) is 10.9 Å². The molecule has 2 rings (SSSR count). The van der Waals surface area contributed by atoms with Crippen molar-refractivity contribution in [2.45, 2.75) is 26.8 Å². The van der Waals surface area contributed by atoms with Gasteiger partial charge in [0.2, 0.25) is 5.88 Å². The molecule has 0 aliphatic rings. The minimum Gasteiger partial charge on any atom is -0.493 e. The molecular formula is C13H15N3O2. The second-order valence-corrected chi connectivity index (χ2v) is 4.06. The maximum absolute atomic E-state index is 10.8. The van der Waals surface area contributed by atoms with E-state index in [0.29, 0.717) is 12.2 Å². The Bertz CT molecular complexity index is 614. The van der Waals surface area contributed by atoms with E-state index in [1.807, 2.05) is 31.2 Å². The van der Waals surface area contributed by atoms with Crippen LogP contribution >= 0.6 is 0 Å². The quantitative estimate of drug-likeness (QED) is 0.842. The fourth-order valence-electron chi connectivity index (χ4n) is 1.94. The van der Waals surface area contributed by atoms with Gasteiger partial charge in [-0.15, -0.1) is 10.2 Å². The summed E-state index contributed by atoms with van der Waals surface area (Å²) in [4.78, 5) is 10.8. The van der Waals surface area contributed by atoms with Gasteiger partial charge in [-0.2, -0.15) is 0 Å². The zero-order valence-electron chi connectivity index (χ0n) is 10.4. The highest BCUT2D eigenvalue weighted by atomic mass is 16.3. The molecule has 1 heterocycles. The number of para-hydroxylation sites is 1. The first-order valence-electron chi connectivity index (χ1n) is 5.87. The van der Waals surface area contributed by atoms with E-state index in [-0.39, 0.29) is 11.8 Å². The highest BCUT2D eigenvalue weighted by Crippen LogP contribution is 2.38. The third kappa shape index (κ3) is 2.11. The molecule has 0 saturated carbocycles. The van der Waals surface area contributed by atoms with E-state index < -0.39 is 0 Å². The molecule has 0 fully saturated rings. The molecule has 0 bridgehead atoms. The van der Waals surface area contributed by atoms with E-state index in [9.17, 15) is 9.90 Å². The van der Waals surface area contributed by atoms with Gasteiger partial charge in [0.15, 0.2) is 5.69 Å². The summed E-state index contributed by atoms with van der Waals surface area (Å²) in [6.45, 7) is 4.05. The van der Waals surface area contributed by atoms with Crippen LogP contribution in [0.3, 0.4) is 0 Å². The molecule has 5 nitrogen and oxygen atoms in total. The molecule has 0 aliphatic heterocycles. The van der Waals surface area contributed by atoms with Crippen LogP contribution in [0.2, 0.25) is 0 Å². The van der Waals surface area contributed by atoms with Crippen LogP contribution in [0.15, 0.2) is 34.5 Å². The van der Waals surface area contributed by atoms with Gasteiger partial charge in [0.25, 0.3) is 5.91 Å². The Morgan fingerprint density at radius 3 is 2.78 bits per heavy atom. The number of hydrogen-bond acceptors (Lipinski definition) is 3. The minimum atomic E-state index is -0.387. The number of fused-ring (bicyclic) bond motifs is 1. The van der Waals surface area contributed by atoms with E-state index >= 15 is 0 Å². The van der Waals surface area contributed by atoms with Crippen molar-refractivity contribution in [1.82, 2.24) is 4.57 Å². The Morgan fingerprint density at radius 1 is 1.39 bits per heavy atom. The van der Waals surface area contributed by atoms with E-state index in [0.717, 1.165) is 17.3 Å². The summed E-state index contributed by atoms with van der Waals surface area (Å²) < 4.78 is 1.78. The van der Waals surface area contributed by atoms with Gasteiger partial charge in [-0.05, 0) is 12.5 Å². The van der Waals surface area contributed by atoms with Gasteiger partial charge in [-0.1, -0.05) is 25.1 Å². The van der Waals surface area contributed by atoms with Crippen molar-refractivity contribution in [1.29, 1.82) is 0 Å². The number of benzene rings is 1. The average molecular weight is 245 g/mol. The number of rotatable bonds is 3. The molecule has 0 radical (unpaired) electrons. The Morgan fingerprint density at radius 2 is 2.11 bits per heavy atom. The van der Waals surface area contributed by atoms with Gasteiger partial charge in [0, 0.05) is 18.9 Å². The molecule has 1 aromatic carbocycles. The fraction of sp³-hybridized carbons (Fsp3) is 0.308. The summed E-state index contributed by atoms with van der Waals surface area (Å²) in [5.41, 5.74) is 1.25. The van der Waals surface area contributed by atoms with Crippen LogP contribution in [0.1, 0.15) is 20.3 Å². The molecular weight excluding hydrogens is 230 g/mol. The molecule has 18 heavy (non-hydrogen) atoms. The van der Waals surface area contributed by atoms with Crippen molar-refractivity contribution >= 4 is 22.5 Å². The summed E-state index contributed by atoms with van der Waals surface area (Å²) in [5.74, 6) is -0.329. The number of aromatic nitrogens is 1. The number of carbonyl (C=O) groups excluding carboxylic acids is 1. The maximum Gasteiger partial charge on any atom is 0.261 e. The second kappa shape index (κ2) is 5.00. The van der Waals surface area contributed by atoms with E-state index in [2.05, 4.69) is 10.2 Å². The van der Waals surface area contributed by atoms with Crippen molar-refractivity contribution in [3.63, 3.8) is 0 Å². The van der Waals surface area contributed by atoms with Gasteiger partial charge in [0.05, 0.1) is 5.52 Å². The highest BCUT2D eigenvalue weighted by Gasteiger charge is 2.15. The third-order valence-corrected chi connectivity index (χ3v) is 2.66. The molecule has 1 amide bonds. The monoisotopic (exact) mass is 245 g/mol. The Balaban J connectivity index is 2.65. The highest BCUT2D eigenvalue weighted by molar-refractivity contribution is 5.95. The minimum absolute atomic E-state index is 0.0584. The Hall–Kier alpha value is -2.17. The van der Waals surface area contributed by atoms with Crippen molar-refractivity contribution in [2.24, 2.45) is 10.2 Å². The third-order valence-electron chi connectivity index (χ3n) is 2.66. The van der Waals surface area contributed by atoms with Gasteiger partial charge >= 0.3 is 0 Å². The summed E-state index contributed by atoms with van der Waals surface area (Å²) in [7, 11) is 0. The lowest BCUT2D eigenvalue weighted by molar-refractivity contribution is -0.116. The molecule has 2 aromatic rings. The number of aromatic hydroxyl groups is 1. The fourth-order valence-corrected chi connectivity index (χ4v) is 1.94. The van der Waals surface area contributed by atoms with E-state index in [4.69, 9.17) is 0 Å². The average Bonchev–Trinajstić information content (AvgIpc) is 2.61. The topological polar surface area (TPSA) is 66.9 Å². The predicted octanol–water partition coefficient (Wildman–Crippen LogP) is 3.39. The van der Waals surface area contributed by atoms with Crippen LogP contribution in [0.5, 0.6) is 5.88 Å². The standard InChI is InChI=1S/C13H15N3O2/c1-3-8-16-11-7-5-4-6-10(11)12(13(16)18)15-14-9(2)17/h4-7,18H,3,8H2,1-2H3. The molecule has 0 aliphatic carbocycles. The molecule has 0 spiro atoms. The van der Waals surface area contributed by atoms with Crippen molar-refractivity contribution in [3.05, 3.63) is 24.3 Å².